The summed E-state index contributed by atoms with van der Waals surface area (Å²) >= 11 is 0. The van der Waals surface area contributed by atoms with E-state index in [1.165, 1.54) is 12.5 Å². The van der Waals surface area contributed by atoms with Gasteiger partial charge in [-0.1, -0.05) is 38.3 Å². The van der Waals surface area contributed by atoms with Crippen molar-refractivity contribution in [1.82, 2.24) is 9.80 Å². The van der Waals surface area contributed by atoms with Gasteiger partial charge in [0.25, 0.3) is 0 Å². The van der Waals surface area contributed by atoms with Crippen LogP contribution in [0.15, 0.2) is 24.3 Å². The van der Waals surface area contributed by atoms with Crippen molar-refractivity contribution >= 4 is 17.6 Å². The molecule has 3 rings (SSSR count). The summed E-state index contributed by atoms with van der Waals surface area (Å²) in [6.07, 6.45) is 7.68. The highest BCUT2D eigenvalue weighted by atomic mass is 19.1. The fourth-order valence-corrected chi connectivity index (χ4v) is 4.22. The molecule has 1 saturated heterocycles. The van der Waals surface area contributed by atoms with Gasteiger partial charge >= 0.3 is 6.03 Å². The van der Waals surface area contributed by atoms with Crippen LogP contribution in [0.1, 0.15) is 58.3 Å². The quantitative estimate of drug-likeness (QED) is 0.797. The van der Waals surface area contributed by atoms with Gasteiger partial charge in [-0.3, -0.25) is 4.79 Å². The van der Waals surface area contributed by atoms with E-state index in [1.807, 2.05) is 4.90 Å². The van der Waals surface area contributed by atoms with Crippen molar-refractivity contribution in [3.63, 3.8) is 0 Å². The third-order valence-electron chi connectivity index (χ3n) is 6.09. The van der Waals surface area contributed by atoms with Crippen molar-refractivity contribution < 1.29 is 14.0 Å². The standard InChI is InChI=1S/C22H32FN3O2/c1-17-11-14-25(15-12-17)21(27)13-16-26(18-7-3-2-4-8-18)22(28)24-20-10-6-5-9-19(20)23/h5-6,9-10,17-18H,2-4,7-8,11-16H2,1H3,(H,24,28). The topological polar surface area (TPSA) is 52.7 Å². The number of halogens is 1. The van der Waals surface area contributed by atoms with E-state index in [1.54, 1.807) is 23.1 Å². The maximum absolute atomic E-state index is 14.0. The number of carbonyl (C=O) groups excluding carboxylic acids is 2. The monoisotopic (exact) mass is 389 g/mol. The van der Waals surface area contributed by atoms with E-state index in [0.29, 0.717) is 18.9 Å². The Morgan fingerprint density at radius 3 is 2.46 bits per heavy atom. The second kappa shape index (κ2) is 9.89. The number of amides is 3. The highest BCUT2D eigenvalue weighted by Crippen LogP contribution is 2.24. The molecule has 1 aliphatic carbocycles. The Balaban J connectivity index is 1.62. The molecule has 28 heavy (non-hydrogen) atoms. The molecule has 154 valence electrons. The normalized spacial score (nSPS) is 18.7. The number of likely N-dealkylation sites (tertiary alicyclic amines) is 1. The van der Waals surface area contributed by atoms with Gasteiger partial charge in [0.05, 0.1) is 5.69 Å². The van der Waals surface area contributed by atoms with Crippen molar-refractivity contribution in [3.05, 3.63) is 30.1 Å². The largest absolute Gasteiger partial charge is 0.343 e. The lowest BCUT2D eigenvalue weighted by Gasteiger charge is -2.35. The molecule has 1 aromatic rings. The molecule has 1 aliphatic heterocycles. The second-order valence-electron chi connectivity index (χ2n) is 8.21. The number of para-hydroxylation sites is 1. The van der Waals surface area contributed by atoms with Gasteiger partial charge in [0, 0.05) is 32.1 Å². The molecule has 1 N–H and O–H groups in total. The molecule has 0 bridgehead atoms. The number of benzene rings is 1. The molecule has 0 unspecified atom stereocenters. The molecule has 1 aromatic carbocycles. The summed E-state index contributed by atoms with van der Waals surface area (Å²) in [5.74, 6) is 0.346. The summed E-state index contributed by atoms with van der Waals surface area (Å²) in [6.45, 7) is 4.23. The molecule has 0 spiro atoms. The summed E-state index contributed by atoms with van der Waals surface area (Å²) in [6, 6.07) is 6.01. The minimum absolute atomic E-state index is 0.117. The highest BCUT2D eigenvalue weighted by Gasteiger charge is 2.28. The zero-order valence-corrected chi connectivity index (χ0v) is 16.8. The van der Waals surface area contributed by atoms with Crippen LogP contribution < -0.4 is 5.32 Å². The predicted molar refractivity (Wildman–Crippen MR) is 109 cm³/mol. The minimum Gasteiger partial charge on any atom is -0.343 e. The fourth-order valence-electron chi connectivity index (χ4n) is 4.22. The fraction of sp³-hybridized carbons (Fsp3) is 0.636. The first-order chi connectivity index (χ1) is 13.5. The molecule has 1 heterocycles. The number of piperidine rings is 1. The van der Waals surface area contributed by atoms with Gasteiger partial charge in [-0.25, -0.2) is 9.18 Å². The van der Waals surface area contributed by atoms with E-state index in [2.05, 4.69) is 12.2 Å². The molecule has 0 radical (unpaired) electrons. The van der Waals surface area contributed by atoms with Gasteiger partial charge in [-0.2, -0.15) is 0 Å². The molecule has 0 aromatic heterocycles. The van der Waals surface area contributed by atoms with Crippen LogP contribution in [0.2, 0.25) is 0 Å². The van der Waals surface area contributed by atoms with Crippen LogP contribution in [0.4, 0.5) is 14.9 Å². The maximum atomic E-state index is 14.0. The molecule has 6 heteroatoms. The summed E-state index contributed by atoms with van der Waals surface area (Å²) in [4.78, 5) is 29.2. The van der Waals surface area contributed by atoms with Crippen LogP contribution in [0.3, 0.4) is 0 Å². The molecular formula is C22H32FN3O2. The number of carbonyl (C=O) groups is 2. The number of nitrogens with one attached hydrogen (secondary N) is 1. The Hall–Kier alpha value is -2.11. The van der Waals surface area contributed by atoms with Crippen LogP contribution in [0, 0.1) is 11.7 Å². The summed E-state index contributed by atoms with van der Waals surface area (Å²) in [7, 11) is 0. The lowest BCUT2D eigenvalue weighted by atomic mass is 9.94. The van der Waals surface area contributed by atoms with Gasteiger partial charge < -0.3 is 15.1 Å². The van der Waals surface area contributed by atoms with Crippen LogP contribution in [0.25, 0.3) is 0 Å². The molecule has 3 amide bonds. The van der Waals surface area contributed by atoms with Crippen molar-refractivity contribution in [2.45, 2.75) is 64.3 Å². The number of nitrogens with zero attached hydrogens (tertiary/aromatic N) is 2. The van der Waals surface area contributed by atoms with Crippen molar-refractivity contribution in [1.29, 1.82) is 0 Å². The first-order valence-electron chi connectivity index (χ1n) is 10.6. The summed E-state index contributed by atoms with van der Waals surface area (Å²) in [5.41, 5.74) is 0.185. The van der Waals surface area contributed by atoms with E-state index < -0.39 is 5.82 Å². The number of anilines is 1. The van der Waals surface area contributed by atoms with Crippen LogP contribution >= 0.6 is 0 Å². The van der Waals surface area contributed by atoms with E-state index in [0.717, 1.165) is 51.6 Å². The average Bonchev–Trinajstić information content (AvgIpc) is 2.71. The van der Waals surface area contributed by atoms with Gasteiger partial charge in [-0.05, 0) is 43.7 Å². The smallest absolute Gasteiger partial charge is 0.322 e. The lowest BCUT2D eigenvalue weighted by molar-refractivity contribution is -0.132. The Kier molecular flexibility index (Phi) is 7.29. The van der Waals surface area contributed by atoms with Crippen molar-refractivity contribution in [2.24, 2.45) is 5.92 Å². The minimum atomic E-state index is -0.446. The molecule has 2 fully saturated rings. The summed E-state index contributed by atoms with van der Waals surface area (Å²) < 4.78 is 14.0. The first kappa shape index (κ1) is 20.6. The zero-order valence-electron chi connectivity index (χ0n) is 16.8. The Labute approximate surface area is 167 Å². The lowest BCUT2D eigenvalue weighted by Crippen LogP contribution is -2.46. The van der Waals surface area contributed by atoms with Crippen molar-refractivity contribution in [2.75, 3.05) is 25.0 Å². The molecular weight excluding hydrogens is 357 g/mol. The third kappa shape index (κ3) is 5.46. The van der Waals surface area contributed by atoms with Gasteiger partial charge in [-0.15, -0.1) is 0 Å². The highest BCUT2D eigenvalue weighted by molar-refractivity contribution is 5.90. The Bertz CT molecular complexity index is 668. The second-order valence-corrected chi connectivity index (χ2v) is 8.21. The molecule has 2 aliphatic rings. The maximum Gasteiger partial charge on any atom is 0.322 e. The predicted octanol–water partition coefficient (Wildman–Crippen LogP) is 4.64. The number of urea groups is 1. The number of hydrogen-bond donors (Lipinski definition) is 1. The van der Waals surface area contributed by atoms with Gasteiger partial charge in [0.1, 0.15) is 5.82 Å². The zero-order chi connectivity index (χ0) is 19.9. The van der Waals surface area contributed by atoms with Crippen LogP contribution in [-0.2, 0) is 4.79 Å². The Morgan fingerprint density at radius 1 is 1.11 bits per heavy atom. The van der Waals surface area contributed by atoms with E-state index in [4.69, 9.17) is 0 Å². The average molecular weight is 390 g/mol. The summed E-state index contributed by atoms with van der Waals surface area (Å²) in [5, 5.41) is 2.70. The first-order valence-corrected chi connectivity index (χ1v) is 10.6. The van der Waals surface area contributed by atoms with Gasteiger partial charge in [0.15, 0.2) is 0 Å². The molecule has 1 saturated carbocycles. The third-order valence-corrected chi connectivity index (χ3v) is 6.09. The van der Waals surface area contributed by atoms with Gasteiger partial charge in [0.2, 0.25) is 5.91 Å². The number of hydrogen-bond acceptors (Lipinski definition) is 2. The Morgan fingerprint density at radius 2 is 1.79 bits per heavy atom. The van der Waals surface area contributed by atoms with E-state index in [-0.39, 0.29) is 23.7 Å². The van der Waals surface area contributed by atoms with Crippen LogP contribution in [-0.4, -0.2) is 47.4 Å². The SMILES string of the molecule is CC1CCN(C(=O)CCN(C(=O)Nc2ccccc2F)C2CCCCC2)CC1. The molecule has 5 nitrogen and oxygen atoms in total. The molecule has 0 atom stereocenters. The van der Waals surface area contributed by atoms with E-state index in [9.17, 15) is 14.0 Å². The van der Waals surface area contributed by atoms with Crippen molar-refractivity contribution in [3.8, 4) is 0 Å². The number of rotatable bonds is 5. The van der Waals surface area contributed by atoms with Crippen LogP contribution in [0.5, 0.6) is 0 Å². The van der Waals surface area contributed by atoms with E-state index >= 15 is 0 Å².